The second-order valence-electron chi connectivity index (χ2n) is 16.6. The molecule has 3 unspecified atom stereocenters. The van der Waals surface area contributed by atoms with Crippen LogP contribution in [0, 0.1) is 0 Å². The topological polar surface area (TPSA) is 155 Å². The summed E-state index contributed by atoms with van der Waals surface area (Å²) in [5, 5.41) is 9.72. The normalized spacial score (nSPS) is 13.8. The number of carbonyl (C=O) groups is 3. The van der Waals surface area contributed by atoms with Crippen molar-refractivity contribution in [3.05, 3.63) is 36.5 Å². The summed E-state index contributed by atoms with van der Waals surface area (Å²) in [4.78, 5) is 48.1. The molecule has 362 valence electrons. The van der Waals surface area contributed by atoms with Crippen molar-refractivity contribution >= 4 is 25.7 Å². The number of allylic oxidation sites excluding steroid dienone is 6. The smallest absolute Gasteiger partial charge is 0.462 e. The van der Waals surface area contributed by atoms with Gasteiger partial charge in [0.05, 0.1) is 19.8 Å². The highest BCUT2D eigenvalue weighted by atomic mass is 31.2. The van der Waals surface area contributed by atoms with Crippen LogP contribution in [-0.4, -0.2) is 66.5 Å². The molecule has 0 aliphatic heterocycles. The largest absolute Gasteiger partial charge is 0.472 e. The van der Waals surface area contributed by atoms with Crippen molar-refractivity contribution in [3.8, 4) is 0 Å². The first kappa shape index (κ1) is 59.7. The fourth-order valence-electron chi connectivity index (χ4n) is 6.78. The summed E-state index contributed by atoms with van der Waals surface area (Å²) in [6, 6.07) is 0. The first-order valence-corrected chi connectivity index (χ1v) is 26.4. The van der Waals surface area contributed by atoms with Crippen LogP contribution >= 0.6 is 7.82 Å². The van der Waals surface area contributed by atoms with Crippen molar-refractivity contribution < 1.29 is 52.2 Å². The Balaban J connectivity index is 4.78. The lowest BCUT2D eigenvalue weighted by molar-refractivity contribution is -0.161. The van der Waals surface area contributed by atoms with Gasteiger partial charge in [0.25, 0.3) is 0 Å². The Morgan fingerprint density at radius 1 is 0.468 bits per heavy atom. The third kappa shape index (κ3) is 43.0. The number of hydrogen-bond donors (Lipinski definition) is 2. The number of aliphatic hydroxyl groups is 1. The lowest BCUT2D eigenvalue weighted by Crippen LogP contribution is -2.30. The highest BCUT2D eigenvalue weighted by Gasteiger charge is 2.28. The number of carbonyl (C=O) groups excluding carboxylic acids is 3. The van der Waals surface area contributed by atoms with E-state index in [2.05, 4.69) is 57.2 Å². The number of hydrogen-bond acceptors (Lipinski definition) is 10. The number of aliphatic hydroxyl groups excluding tert-OH is 1. The van der Waals surface area contributed by atoms with Gasteiger partial charge in [0.15, 0.2) is 6.10 Å². The number of esters is 3. The van der Waals surface area contributed by atoms with Crippen molar-refractivity contribution in [2.24, 2.45) is 0 Å². The van der Waals surface area contributed by atoms with E-state index in [9.17, 15) is 28.9 Å². The van der Waals surface area contributed by atoms with Gasteiger partial charge in [-0.15, -0.1) is 0 Å². The SMILES string of the molecule is CC/C=C\C/C=C\C/C=C\CCCCCC(=O)OCC(COP(=O)(O)OCC(CO)OC(=O)CCCCCCCCCCC)OC(=O)CCCCCCCCCCCCCCC. The Bertz CT molecular complexity index is 1190. The van der Waals surface area contributed by atoms with Crippen LogP contribution in [-0.2, 0) is 42.2 Å². The lowest BCUT2D eigenvalue weighted by Gasteiger charge is -2.21. The van der Waals surface area contributed by atoms with E-state index >= 15 is 0 Å². The molecule has 0 aliphatic carbocycles. The Hall–Kier alpha value is -2.30. The van der Waals surface area contributed by atoms with Crippen LogP contribution in [0.2, 0.25) is 0 Å². The molecule has 0 aromatic carbocycles. The van der Waals surface area contributed by atoms with Crippen LogP contribution in [0.25, 0.3) is 0 Å². The maximum Gasteiger partial charge on any atom is 0.472 e. The van der Waals surface area contributed by atoms with Crippen LogP contribution in [0.1, 0.15) is 226 Å². The number of ether oxygens (including phenoxy) is 3. The quantitative estimate of drug-likeness (QED) is 0.0197. The Morgan fingerprint density at radius 2 is 0.839 bits per heavy atom. The molecule has 0 radical (unpaired) electrons. The van der Waals surface area contributed by atoms with E-state index < -0.39 is 57.8 Å². The molecule has 0 fully saturated rings. The third-order valence-corrected chi connectivity index (χ3v) is 11.5. The molecule has 0 bridgehead atoms. The van der Waals surface area contributed by atoms with Gasteiger partial charge in [-0.1, -0.05) is 192 Å². The number of phosphoric ester groups is 1. The van der Waals surface area contributed by atoms with E-state index in [0.29, 0.717) is 19.3 Å². The zero-order valence-electron chi connectivity index (χ0n) is 39.6. The summed E-state index contributed by atoms with van der Waals surface area (Å²) in [6.45, 7) is 4.46. The Morgan fingerprint density at radius 3 is 1.29 bits per heavy atom. The van der Waals surface area contributed by atoms with Crippen LogP contribution < -0.4 is 0 Å². The van der Waals surface area contributed by atoms with Crippen molar-refractivity contribution in [2.45, 2.75) is 238 Å². The van der Waals surface area contributed by atoms with E-state index in [1.54, 1.807) is 0 Å². The molecular formula is C50H91O11P. The molecule has 0 spiro atoms. The van der Waals surface area contributed by atoms with Crippen LogP contribution in [0.5, 0.6) is 0 Å². The van der Waals surface area contributed by atoms with Crippen molar-refractivity contribution in [3.63, 3.8) is 0 Å². The Kier molecular flexibility index (Phi) is 43.6. The van der Waals surface area contributed by atoms with Crippen LogP contribution in [0.15, 0.2) is 36.5 Å². The Labute approximate surface area is 378 Å². The van der Waals surface area contributed by atoms with Gasteiger partial charge in [0.1, 0.15) is 12.7 Å². The van der Waals surface area contributed by atoms with E-state index in [-0.39, 0.29) is 25.9 Å². The van der Waals surface area contributed by atoms with Crippen LogP contribution in [0.4, 0.5) is 0 Å². The zero-order valence-corrected chi connectivity index (χ0v) is 40.5. The van der Waals surface area contributed by atoms with E-state index in [4.69, 9.17) is 23.3 Å². The highest BCUT2D eigenvalue weighted by Crippen LogP contribution is 2.43. The molecule has 0 aliphatic rings. The van der Waals surface area contributed by atoms with Gasteiger partial charge in [-0.25, -0.2) is 4.57 Å². The maximum absolute atomic E-state index is 12.8. The fraction of sp³-hybridized carbons (Fsp3) is 0.820. The van der Waals surface area contributed by atoms with Gasteiger partial charge >= 0.3 is 25.7 Å². The van der Waals surface area contributed by atoms with Crippen molar-refractivity contribution in [2.75, 3.05) is 26.4 Å². The predicted octanol–water partition coefficient (Wildman–Crippen LogP) is 13.7. The minimum atomic E-state index is -4.73. The van der Waals surface area contributed by atoms with Gasteiger partial charge in [-0.2, -0.15) is 0 Å². The van der Waals surface area contributed by atoms with Crippen molar-refractivity contribution in [1.82, 2.24) is 0 Å². The predicted molar refractivity (Wildman–Crippen MR) is 252 cm³/mol. The first-order valence-electron chi connectivity index (χ1n) is 24.9. The minimum Gasteiger partial charge on any atom is -0.462 e. The molecule has 0 saturated carbocycles. The summed E-state index contributed by atoms with van der Waals surface area (Å²) in [5.74, 6) is -1.49. The molecule has 0 amide bonds. The zero-order chi connectivity index (χ0) is 45.6. The molecule has 0 aromatic rings. The fourth-order valence-corrected chi connectivity index (χ4v) is 7.57. The molecule has 12 heteroatoms. The maximum atomic E-state index is 12.8. The van der Waals surface area contributed by atoms with E-state index in [0.717, 1.165) is 77.0 Å². The standard InChI is InChI=1S/C50H91O11P/c1-4-7-10-13-16-19-21-23-25-28-30-33-36-39-48(52)57-43-47(61-50(54)41-38-35-32-29-26-24-22-20-17-14-11-8-5-2)45-59-62(55,56)58-44-46(42-51)60-49(53)40-37-34-31-27-18-15-12-9-6-3/h7,10,16,19,23,25,46-47,51H,4-6,8-9,11-15,17-18,20-22,24,26-45H2,1-3H3,(H,55,56)/b10-7-,19-16-,25-23-. The van der Waals surface area contributed by atoms with Gasteiger partial charge in [-0.3, -0.25) is 23.4 Å². The average Bonchev–Trinajstić information content (AvgIpc) is 3.25. The number of phosphoric acid groups is 1. The third-order valence-electron chi connectivity index (χ3n) is 10.6. The molecule has 62 heavy (non-hydrogen) atoms. The molecule has 2 N–H and O–H groups in total. The van der Waals surface area contributed by atoms with Gasteiger partial charge in [-0.05, 0) is 51.4 Å². The number of unbranched alkanes of at least 4 members (excludes halogenated alkanes) is 23. The van der Waals surface area contributed by atoms with E-state index in [1.807, 2.05) is 0 Å². The molecule has 0 rings (SSSR count). The lowest BCUT2D eigenvalue weighted by atomic mass is 10.0. The molecule has 0 heterocycles. The summed E-state index contributed by atoms with van der Waals surface area (Å²) in [5.41, 5.74) is 0. The average molecular weight is 899 g/mol. The highest BCUT2D eigenvalue weighted by molar-refractivity contribution is 7.47. The molecule has 11 nitrogen and oxygen atoms in total. The molecule has 0 aromatic heterocycles. The monoisotopic (exact) mass is 899 g/mol. The molecule has 3 atom stereocenters. The summed E-state index contributed by atoms with van der Waals surface area (Å²) in [6.07, 6.45) is 42.7. The van der Waals surface area contributed by atoms with Crippen LogP contribution in [0.3, 0.4) is 0 Å². The summed E-state index contributed by atoms with van der Waals surface area (Å²) >= 11 is 0. The summed E-state index contributed by atoms with van der Waals surface area (Å²) in [7, 11) is -4.73. The van der Waals surface area contributed by atoms with E-state index in [1.165, 1.54) is 89.9 Å². The van der Waals surface area contributed by atoms with Gasteiger partial charge < -0.3 is 24.2 Å². The second kappa shape index (κ2) is 45.3. The van der Waals surface area contributed by atoms with Gasteiger partial charge in [0, 0.05) is 19.3 Å². The number of rotatable bonds is 46. The van der Waals surface area contributed by atoms with Crippen molar-refractivity contribution in [1.29, 1.82) is 0 Å². The molecular weight excluding hydrogens is 808 g/mol. The molecule has 0 saturated heterocycles. The summed E-state index contributed by atoms with van der Waals surface area (Å²) < 4.78 is 39.2. The van der Waals surface area contributed by atoms with Gasteiger partial charge in [0.2, 0.25) is 0 Å². The first-order chi connectivity index (χ1) is 30.2. The second-order valence-corrected chi connectivity index (χ2v) is 18.1. The minimum absolute atomic E-state index is 0.166.